The van der Waals surface area contributed by atoms with Crippen LogP contribution in [0, 0.1) is 11.7 Å². The molecular weight excluding hydrogens is 347 g/mol. The van der Waals surface area contributed by atoms with Gasteiger partial charge in [-0.25, -0.2) is 4.39 Å². The number of carbonyl (C=O) groups excluding carboxylic acids is 2. The minimum atomic E-state index is -0.617. The molecule has 5 nitrogen and oxygen atoms in total. The van der Waals surface area contributed by atoms with Crippen molar-refractivity contribution in [2.24, 2.45) is 5.92 Å². The number of hydrogen-bond acceptors (Lipinski definition) is 3. The number of ether oxygens (including phenoxy) is 1. The average Bonchev–Trinajstić information content (AvgIpc) is 3.13. The first-order valence-electron chi connectivity index (χ1n) is 8.69. The topological polar surface area (TPSA) is 58.6 Å². The molecular formula is C18H22ClFN2O3. The molecule has 0 saturated carbocycles. The predicted molar refractivity (Wildman–Crippen MR) is 92.0 cm³/mol. The summed E-state index contributed by atoms with van der Waals surface area (Å²) < 4.78 is 19.4. The molecule has 3 rings (SSSR count). The maximum Gasteiger partial charge on any atom is 0.258 e. The van der Waals surface area contributed by atoms with Crippen LogP contribution in [0.1, 0.15) is 36.0 Å². The van der Waals surface area contributed by atoms with E-state index in [4.69, 9.17) is 16.3 Å². The number of piperidine rings is 1. The minimum absolute atomic E-state index is 0.00604. The van der Waals surface area contributed by atoms with E-state index in [-0.39, 0.29) is 28.5 Å². The van der Waals surface area contributed by atoms with Gasteiger partial charge in [-0.05, 0) is 37.8 Å². The lowest BCUT2D eigenvalue weighted by molar-refractivity contribution is -0.126. The molecule has 7 heteroatoms. The molecule has 0 aromatic heterocycles. The highest BCUT2D eigenvalue weighted by Crippen LogP contribution is 2.24. The highest BCUT2D eigenvalue weighted by atomic mass is 35.5. The second kappa shape index (κ2) is 8.15. The van der Waals surface area contributed by atoms with E-state index >= 15 is 0 Å². The monoisotopic (exact) mass is 368 g/mol. The van der Waals surface area contributed by atoms with Crippen LogP contribution in [0.4, 0.5) is 4.39 Å². The third kappa shape index (κ3) is 4.30. The second-order valence-corrected chi connectivity index (χ2v) is 6.95. The summed E-state index contributed by atoms with van der Waals surface area (Å²) in [6.45, 7) is 2.14. The molecule has 25 heavy (non-hydrogen) atoms. The predicted octanol–water partition coefficient (Wildman–Crippen LogP) is 2.63. The molecule has 0 spiro atoms. The quantitative estimate of drug-likeness (QED) is 0.888. The normalized spacial score (nSPS) is 21.4. The Morgan fingerprint density at radius 3 is 2.68 bits per heavy atom. The van der Waals surface area contributed by atoms with Crippen molar-refractivity contribution in [1.29, 1.82) is 0 Å². The number of rotatable bonds is 4. The number of nitrogens with one attached hydrogen (secondary N) is 1. The van der Waals surface area contributed by atoms with Gasteiger partial charge in [-0.3, -0.25) is 9.59 Å². The number of nitrogens with zero attached hydrogens (tertiary/aromatic N) is 1. The number of benzene rings is 1. The molecule has 2 fully saturated rings. The summed E-state index contributed by atoms with van der Waals surface area (Å²) in [4.78, 5) is 26.3. The van der Waals surface area contributed by atoms with Crippen LogP contribution in [0.2, 0.25) is 5.02 Å². The van der Waals surface area contributed by atoms with Crippen molar-refractivity contribution < 1.29 is 18.7 Å². The summed E-state index contributed by atoms with van der Waals surface area (Å²) in [7, 11) is 0. The Hall–Kier alpha value is -1.66. The lowest BCUT2D eigenvalue weighted by Gasteiger charge is -2.31. The Bertz CT molecular complexity index is 621. The molecule has 1 unspecified atom stereocenters. The average molecular weight is 369 g/mol. The van der Waals surface area contributed by atoms with Crippen LogP contribution in [-0.2, 0) is 9.53 Å². The van der Waals surface area contributed by atoms with Gasteiger partial charge in [0, 0.05) is 32.2 Å². The third-order valence-electron chi connectivity index (χ3n) is 4.86. The summed E-state index contributed by atoms with van der Waals surface area (Å²) in [5, 5.41) is 3.05. The van der Waals surface area contributed by atoms with Crippen molar-refractivity contribution in [3.05, 3.63) is 34.6 Å². The highest BCUT2D eigenvalue weighted by Gasteiger charge is 2.30. The Balaban J connectivity index is 1.51. The molecule has 2 heterocycles. The van der Waals surface area contributed by atoms with Gasteiger partial charge in [0.15, 0.2) is 0 Å². The summed E-state index contributed by atoms with van der Waals surface area (Å²) >= 11 is 5.96. The zero-order valence-electron chi connectivity index (χ0n) is 14.0. The maximum absolute atomic E-state index is 13.9. The molecule has 2 amide bonds. The van der Waals surface area contributed by atoms with Crippen molar-refractivity contribution >= 4 is 23.4 Å². The van der Waals surface area contributed by atoms with Gasteiger partial charge in [-0.1, -0.05) is 17.7 Å². The minimum Gasteiger partial charge on any atom is -0.376 e. The van der Waals surface area contributed by atoms with Gasteiger partial charge in [0.1, 0.15) is 5.82 Å². The molecule has 1 aromatic rings. The van der Waals surface area contributed by atoms with E-state index in [1.807, 2.05) is 0 Å². The Kier molecular flexibility index (Phi) is 5.91. The van der Waals surface area contributed by atoms with E-state index in [1.165, 1.54) is 18.2 Å². The van der Waals surface area contributed by atoms with Crippen molar-refractivity contribution in [1.82, 2.24) is 10.2 Å². The van der Waals surface area contributed by atoms with Crippen molar-refractivity contribution in [2.75, 3.05) is 26.2 Å². The lowest BCUT2D eigenvalue weighted by atomic mass is 9.95. The van der Waals surface area contributed by atoms with Crippen LogP contribution in [0.5, 0.6) is 0 Å². The van der Waals surface area contributed by atoms with Gasteiger partial charge < -0.3 is 15.0 Å². The fourth-order valence-corrected chi connectivity index (χ4v) is 3.61. The highest BCUT2D eigenvalue weighted by molar-refractivity contribution is 6.33. The van der Waals surface area contributed by atoms with E-state index in [0.29, 0.717) is 32.5 Å². The van der Waals surface area contributed by atoms with E-state index in [2.05, 4.69) is 5.32 Å². The van der Waals surface area contributed by atoms with E-state index in [0.717, 1.165) is 19.4 Å². The number of hydrogen-bond donors (Lipinski definition) is 1. The first kappa shape index (κ1) is 18.1. The third-order valence-corrected chi connectivity index (χ3v) is 5.17. The van der Waals surface area contributed by atoms with E-state index in [1.54, 1.807) is 4.90 Å². The Morgan fingerprint density at radius 1 is 1.28 bits per heavy atom. The molecule has 0 aliphatic carbocycles. The van der Waals surface area contributed by atoms with Crippen LogP contribution in [0.3, 0.4) is 0 Å². The summed E-state index contributed by atoms with van der Waals surface area (Å²) in [5.74, 6) is -1.15. The van der Waals surface area contributed by atoms with Gasteiger partial charge in [-0.15, -0.1) is 0 Å². The van der Waals surface area contributed by atoms with Gasteiger partial charge in [0.2, 0.25) is 5.91 Å². The number of carbonyl (C=O) groups is 2. The van der Waals surface area contributed by atoms with E-state index < -0.39 is 11.7 Å². The molecule has 136 valence electrons. The summed E-state index contributed by atoms with van der Waals surface area (Å²) in [6.07, 6.45) is 3.27. The SMILES string of the molecule is O=C(NCC1CCCO1)C1CCN(C(=O)c2c(F)cccc2Cl)CC1. The van der Waals surface area contributed by atoms with Gasteiger partial charge >= 0.3 is 0 Å². The first-order valence-corrected chi connectivity index (χ1v) is 9.06. The van der Waals surface area contributed by atoms with Crippen LogP contribution in [-0.4, -0.2) is 49.1 Å². The molecule has 1 N–H and O–H groups in total. The fourth-order valence-electron chi connectivity index (χ4n) is 3.37. The van der Waals surface area contributed by atoms with Crippen molar-refractivity contribution in [3.8, 4) is 0 Å². The number of halogens is 2. The molecule has 2 aliphatic heterocycles. The zero-order chi connectivity index (χ0) is 17.8. The smallest absolute Gasteiger partial charge is 0.258 e. The summed E-state index contributed by atoms with van der Waals surface area (Å²) in [5.41, 5.74) is -0.0922. The maximum atomic E-state index is 13.9. The fraction of sp³-hybridized carbons (Fsp3) is 0.556. The van der Waals surface area contributed by atoms with Crippen LogP contribution in [0.15, 0.2) is 18.2 Å². The van der Waals surface area contributed by atoms with Crippen molar-refractivity contribution in [2.45, 2.75) is 31.8 Å². The lowest BCUT2D eigenvalue weighted by Crippen LogP contribution is -2.44. The van der Waals surface area contributed by atoms with E-state index in [9.17, 15) is 14.0 Å². The molecule has 1 atom stereocenters. The second-order valence-electron chi connectivity index (χ2n) is 6.54. The zero-order valence-corrected chi connectivity index (χ0v) is 14.7. The Labute approximate surface area is 151 Å². The van der Waals surface area contributed by atoms with Crippen LogP contribution < -0.4 is 5.32 Å². The largest absolute Gasteiger partial charge is 0.376 e. The molecule has 1 aromatic carbocycles. The number of amides is 2. The molecule has 2 aliphatic rings. The van der Waals surface area contributed by atoms with Gasteiger partial charge in [0.05, 0.1) is 16.7 Å². The van der Waals surface area contributed by atoms with Crippen LogP contribution in [0.25, 0.3) is 0 Å². The standard InChI is InChI=1S/C18H22ClFN2O3/c19-14-4-1-5-15(20)16(14)18(24)22-8-6-12(7-9-22)17(23)21-11-13-3-2-10-25-13/h1,4-5,12-13H,2-3,6-11H2,(H,21,23). The molecule has 0 radical (unpaired) electrons. The van der Waals surface area contributed by atoms with Gasteiger partial charge in [-0.2, -0.15) is 0 Å². The Morgan fingerprint density at radius 2 is 2.04 bits per heavy atom. The molecule has 0 bridgehead atoms. The van der Waals surface area contributed by atoms with Crippen LogP contribution >= 0.6 is 11.6 Å². The van der Waals surface area contributed by atoms with Crippen molar-refractivity contribution in [3.63, 3.8) is 0 Å². The van der Waals surface area contributed by atoms with Gasteiger partial charge in [0.25, 0.3) is 5.91 Å². The molecule has 2 saturated heterocycles. The number of likely N-dealkylation sites (tertiary alicyclic amines) is 1. The summed E-state index contributed by atoms with van der Waals surface area (Å²) in [6, 6.07) is 4.20. The first-order chi connectivity index (χ1) is 12.1.